The minimum Gasteiger partial charge on any atom is -0.550 e. The van der Waals surface area contributed by atoms with Crippen molar-refractivity contribution in [3.05, 3.63) is 78.0 Å². The summed E-state index contributed by atoms with van der Waals surface area (Å²) in [5.74, 6) is 0.465. The maximum atomic E-state index is 10.7. The zero-order chi connectivity index (χ0) is 18.6. The monoisotopic (exact) mass is 374 g/mol. The van der Waals surface area contributed by atoms with Crippen molar-refractivity contribution in [1.82, 2.24) is 15.0 Å². The highest BCUT2D eigenvalue weighted by atomic mass is 32.2. The molecule has 2 aromatic heterocycles. The largest absolute Gasteiger partial charge is 0.550 e. The number of aliphatic carboxylic acids is 1. The first-order valence-electron chi connectivity index (χ1n) is 8.49. The molecule has 2 aromatic carbocycles. The first-order valence-corrected chi connectivity index (χ1v) is 9.48. The van der Waals surface area contributed by atoms with E-state index in [4.69, 9.17) is 0 Å². The number of hydrogen-bond acceptors (Lipinski definition) is 5. The minimum absolute atomic E-state index is 0.0656. The number of aromatic amines is 1. The van der Waals surface area contributed by atoms with Gasteiger partial charge in [-0.1, -0.05) is 36.4 Å². The van der Waals surface area contributed by atoms with Crippen LogP contribution in [0.5, 0.6) is 0 Å². The molecule has 0 unspecified atom stereocenters. The molecule has 0 aliphatic heterocycles. The lowest BCUT2D eigenvalue weighted by Gasteiger charge is -2.07. The van der Waals surface area contributed by atoms with E-state index >= 15 is 0 Å². The molecule has 4 aromatic rings. The van der Waals surface area contributed by atoms with Gasteiger partial charge >= 0.3 is 0 Å². The van der Waals surface area contributed by atoms with Crippen LogP contribution in [0.4, 0.5) is 0 Å². The average molecular weight is 374 g/mol. The van der Waals surface area contributed by atoms with Crippen molar-refractivity contribution in [1.29, 1.82) is 0 Å². The van der Waals surface area contributed by atoms with Crippen LogP contribution < -0.4 is 5.11 Å². The van der Waals surface area contributed by atoms with Gasteiger partial charge in [0.05, 0.1) is 11.0 Å². The quantitative estimate of drug-likeness (QED) is 0.524. The smallest absolute Gasteiger partial charge is 0.141 e. The van der Waals surface area contributed by atoms with Crippen LogP contribution in [0.3, 0.4) is 0 Å². The number of nitrogens with zero attached hydrogens (tertiary/aromatic N) is 2. The Bertz CT molecular complexity index is 1060. The fraction of sp³-hybridized carbons (Fsp3) is 0.0952. The Morgan fingerprint density at radius 3 is 2.56 bits per heavy atom. The molecule has 0 radical (unpaired) electrons. The number of benzene rings is 2. The molecule has 27 heavy (non-hydrogen) atoms. The van der Waals surface area contributed by atoms with Crippen molar-refractivity contribution in [3.63, 3.8) is 0 Å². The molecule has 0 bridgehead atoms. The fourth-order valence-electron chi connectivity index (χ4n) is 2.84. The zero-order valence-electron chi connectivity index (χ0n) is 14.4. The second-order valence-electron chi connectivity index (χ2n) is 6.11. The van der Waals surface area contributed by atoms with Gasteiger partial charge in [-0.15, -0.1) is 11.8 Å². The summed E-state index contributed by atoms with van der Waals surface area (Å²) < 4.78 is 0. The number of nitrogens with one attached hydrogen (secondary N) is 1. The summed E-state index contributed by atoms with van der Waals surface area (Å²) in [6.07, 6.45) is 1.71. The first-order chi connectivity index (χ1) is 13.2. The van der Waals surface area contributed by atoms with E-state index in [1.165, 1.54) is 0 Å². The lowest BCUT2D eigenvalue weighted by molar-refractivity contribution is -0.304. The van der Waals surface area contributed by atoms with E-state index < -0.39 is 5.97 Å². The lowest BCUT2D eigenvalue weighted by Crippen LogP contribution is -2.24. The van der Waals surface area contributed by atoms with Crippen molar-refractivity contribution in [2.24, 2.45) is 0 Å². The van der Waals surface area contributed by atoms with E-state index in [2.05, 4.69) is 15.0 Å². The molecule has 0 saturated heterocycles. The molecule has 0 fully saturated rings. The number of H-pyrrole nitrogens is 1. The second kappa shape index (κ2) is 7.63. The summed E-state index contributed by atoms with van der Waals surface area (Å²) in [5.41, 5.74) is 4.73. The van der Waals surface area contributed by atoms with Crippen molar-refractivity contribution >= 4 is 28.8 Å². The minimum atomic E-state index is -1.07. The SMILES string of the molecule is O=C([O-])Cc1ccc(CSc2ncccc2-c2nc3ccccc3[nH]2)cc1. The molecule has 2 heterocycles. The van der Waals surface area contributed by atoms with Gasteiger partial charge in [-0.25, -0.2) is 9.97 Å². The number of carboxylic acids is 1. The van der Waals surface area contributed by atoms with Crippen LogP contribution in [-0.4, -0.2) is 20.9 Å². The summed E-state index contributed by atoms with van der Waals surface area (Å²) >= 11 is 1.62. The van der Waals surface area contributed by atoms with Gasteiger partial charge in [-0.05, 0) is 35.4 Å². The second-order valence-corrected chi connectivity index (χ2v) is 7.08. The van der Waals surface area contributed by atoms with Gasteiger partial charge in [0.15, 0.2) is 0 Å². The van der Waals surface area contributed by atoms with Crippen LogP contribution in [0.2, 0.25) is 0 Å². The van der Waals surface area contributed by atoms with E-state index in [0.29, 0.717) is 0 Å². The van der Waals surface area contributed by atoms with E-state index in [1.807, 2.05) is 60.7 Å². The van der Waals surface area contributed by atoms with Crippen LogP contribution in [0.25, 0.3) is 22.4 Å². The Morgan fingerprint density at radius 1 is 1.00 bits per heavy atom. The van der Waals surface area contributed by atoms with Gasteiger partial charge in [-0.3, -0.25) is 0 Å². The number of para-hydroxylation sites is 2. The topological polar surface area (TPSA) is 81.7 Å². The average Bonchev–Trinajstić information content (AvgIpc) is 3.11. The van der Waals surface area contributed by atoms with Gasteiger partial charge in [0, 0.05) is 29.9 Å². The molecular formula is C21H16N3O2S-. The molecule has 0 spiro atoms. The van der Waals surface area contributed by atoms with Crippen molar-refractivity contribution < 1.29 is 9.90 Å². The predicted molar refractivity (Wildman–Crippen MR) is 104 cm³/mol. The molecule has 5 nitrogen and oxygen atoms in total. The standard InChI is InChI=1S/C21H17N3O2S/c25-19(26)12-14-7-9-15(10-8-14)13-27-21-16(4-3-11-22-21)20-23-17-5-1-2-6-18(17)24-20/h1-11H,12-13H2,(H,23,24)(H,25,26)/p-1. The third-order valence-corrected chi connectivity index (χ3v) is 5.24. The summed E-state index contributed by atoms with van der Waals surface area (Å²) in [6.45, 7) is 0. The number of hydrogen-bond donors (Lipinski definition) is 1. The molecule has 0 aliphatic rings. The molecular weight excluding hydrogens is 358 g/mol. The number of carbonyl (C=O) groups is 1. The van der Waals surface area contributed by atoms with E-state index in [0.717, 1.165) is 44.3 Å². The summed E-state index contributed by atoms with van der Waals surface area (Å²) in [5, 5.41) is 11.6. The van der Waals surface area contributed by atoms with Gasteiger partial charge in [0.1, 0.15) is 10.9 Å². The molecule has 0 atom stereocenters. The molecule has 4 rings (SSSR count). The number of aromatic nitrogens is 3. The normalized spacial score (nSPS) is 11.0. The number of carbonyl (C=O) groups excluding carboxylic acids is 1. The van der Waals surface area contributed by atoms with Crippen molar-refractivity contribution in [2.45, 2.75) is 17.2 Å². The fourth-order valence-corrected chi connectivity index (χ4v) is 3.79. The maximum absolute atomic E-state index is 10.7. The van der Waals surface area contributed by atoms with Crippen LogP contribution in [-0.2, 0) is 17.0 Å². The highest BCUT2D eigenvalue weighted by Crippen LogP contribution is 2.31. The first kappa shape index (κ1) is 17.3. The van der Waals surface area contributed by atoms with Crippen LogP contribution in [0.1, 0.15) is 11.1 Å². The van der Waals surface area contributed by atoms with E-state index in [9.17, 15) is 9.90 Å². The van der Waals surface area contributed by atoms with Crippen LogP contribution in [0.15, 0.2) is 71.9 Å². The number of pyridine rings is 1. The highest BCUT2D eigenvalue weighted by molar-refractivity contribution is 7.98. The molecule has 0 aliphatic carbocycles. The van der Waals surface area contributed by atoms with E-state index in [1.54, 1.807) is 18.0 Å². The molecule has 6 heteroatoms. The Hall–Kier alpha value is -3.12. The molecule has 1 N–H and O–H groups in total. The zero-order valence-corrected chi connectivity index (χ0v) is 15.2. The molecule has 0 amide bonds. The third kappa shape index (κ3) is 4.01. The van der Waals surface area contributed by atoms with Crippen LogP contribution in [0, 0.1) is 0 Å². The highest BCUT2D eigenvalue weighted by Gasteiger charge is 2.11. The number of imidazole rings is 1. The van der Waals surface area contributed by atoms with Gasteiger partial charge in [0.25, 0.3) is 0 Å². The van der Waals surface area contributed by atoms with Crippen LogP contribution >= 0.6 is 11.8 Å². The molecule has 134 valence electrons. The Labute approximate surface area is 160 Å². The number of carboxylic acid groups (broad SMARTS) is 1. The Balaban J connectivity index is 1.54. The molecule has 0 saturated carbocycles. The van der Waals surface area contributed by atoms with Crippen molar-refractivity contribution in [3.8, 4) is 11.4 Å². The van der Waals surface area contributed by atoms with Gasteiger partial charge in [0.2, 0.25) is 0 Å². The van der Waals surface area contributed by atoms with Crippen molar-refractivity contribution in [2.75, 3.05) is 0 Å². The summed E-state index contributed by atoms with van der Waals surface area (Å²) in [7, 11) is 0. The van der Waals surface area contributed by atoms with Gasteiger partial charge < -0.3 is 14.9 Å². The predicted octanol–water partition coefficient (Wildman–Crippen LogP) is 3.21. The number of rotatable bonds is 6. The third-order valence-electron chi connectivity index (χ3n) is 4.16. The van der Waals surface area contributed by atoms with Gasteiger partial charge in [-0.2, -0.15) is 0 Å². The number of fused-ring (bicyclic) bond motifs is 1. The maximum Gasteiger partial charge on any atom is 0.141 e. The van der Waals surface area contributed by atoms with E-state index in [-0.39, 0.29) is 6.42 Å². The lowest BCUT2D eigenvalue weighted by atomic mass is 10.1. The summed E-state index contributed by atoms with van der Waals surface area (Å²) in [4.78, 5) is 23.2. The number of thioether (sulfide) groups is 1. The Morgan fingerprint density at radius 2 is 1.78 bits per heavy atom. The Kier molecular flexibility index (Phi) is 4.89. The summed E-state index contributed by atoms with van der Waals surface area (Å²) in [6, 6.07) is 19.4.